The average molecular weight is 407 g/mol. The van der Waals surface area contributed by atoms with Crippen LogP contribution in [0.15, 0.2) is 70.6 Å². The number of carbonyl (C=O) groups excluding carboxylic acids is 2. The molecular weight excluding hydrogens is 388 g/mol. The molecule has 0 radical (unpaired) electrons. The molecule has 0 bridgehead atoms. The minimum atomic E-state index is -0.409. The van der Waals surface area contributed by atoms with Gasteiger partial charge < -0.3 is 5.32 Å². The fraction of sp³-hybridized carbons (Fsp3) is 0.182. The highest BCUT2D eigenvalue weighted by Gasteiger charge is 2.40. The number of ketones is 1. The Bertz CT molecular complexity index is 1070. The maximum Gasteiger partial charge on any atom is 0.269 e. The van der Waals surface area contributed by atoms with Gasteiger partial charge >= 0.3 is 0 Å². The lowest BCUT2D eigenvalue weighted by atomic mass is 9.88. The van der Waals surface area contributed by atoms with Gasteiger partial charge in [0.15, 0.2) is 5.78 Å². The first-order valence-electron chi connectivity index (χ1n) is 9.27. The third kappa shape index (κ3) is 2.80. The van der Waals surface area contributed by atoms with Gasteiger partial charge in [-0.05, 0) is 47.9 Å². The maximum absolute atomic E-state index is 13.6. The van der Waals surface area contributed by atoms with Crippen molar-refractivity contribution in [3.63, 3.8) is 0 Å². The van der Waals surface area contributed by atoms with Crippen LogP contribution in [0.25, 0.3) is 0 Å². The van der Waals surface area contributed by atoms with Crippen LogP contribution in [0.2, 0.25) is 0 Å². The van der Waals surface area contributed by atoms with Gasteiger partial charge in [-0.15, -0.1) is 22.7 Å². The largest absolute Gasteiger partial charge is 0.357 e. The lowest BCUT2D eigenvalue weighted by molar-refractivity contribution is -0.116. The molecule has 0 unspecified atom stereocenters. The highest BCUT2D eigenvalue weighted by atomic mass is 32.1. The van der Waals surface area contributed by atoms with Crippen LogP contribution in [0.3, 0.4) is 0 Å². The van der Waals surface area contributed by atoms with E-state index >= 15 is 0 Å². The fourth-order valence-corrected chi connectivity index (χ4v) is 5.48. The number of nitrogens with zero attached hydrogens (tertiary/aromatic N) is 1. The van der Waals surface area contributed by atoms with Crippen LogP contribution in [0.5, 0.6) is 0 Å². The van der Waals surface area contributed by atoms with Crippen LogP contribution >= 0.6 is 22.7 Å². The van der Waals surface area contributed by atoms with Crippen molar-refractivity contribution >= 4 is 45.7 Å². The van der Waals surface area contributed by atoms with E-state index in [0.29, 0.717) is 11.3 Å². The van der Waals surface area contributed by atoms with E-state index in [1.54, 1.807) is 11.3 Å². The number of benzene rings is 1. The van der Waals surface area contributed by atoms with Crippen molar-refractivity contribution in [2.24, 2.45) is 0 Å². The Morgan fingerprint density at radius 3 is 2.61 bits per heavy atom. The number of carbonyl (C=O) groups is 2. The predicted octanol–water partition coefficient (Wildman–Crippen LogP) is 5.63. The molecule has 4 nitrogen and oxygen atoms in total. The number of rotatable bonds is 2. The maximum atomic E-state index is 13.6. The molecule has 1 amide bonds. The zero-order valence-electron chi connectivity index (χ0n) is 15.1. The topological polar surface area (TPSA) is 49.4 Å². The number of hydrogen-bond donors (Lipinski definition) is 1. The Balaban J connectivity index is 1.78. The summed E-state index contributed by atoms with van der Waals surface area (Å²) in [5.74, 6) is 0.0544. The summed E-state index contributed by atoms with van der Waals surface area (Å²) in [5, 5.41) is 7.40. The molecule has 0 saturated carbocycles. The highest BCUT2D eigenvalue weighted by molar-refractivity contribution is 7.12. The molecule has 1 N–H and O–H groups in total. The second-order valence-corrected chi connectivity index (χ2v) is 8.81. The van der Waals surface area contributed by atoms with E-state index in [9.17, 15) is 9.59 Å². The van der Waals surface area contributed by atoms with Gasteiger partial charge in [0.2, 0.25) is 0 Å². The van der Waals surface area contributed by atoms with Gasteiger partial charge in [-0.1, -0.05) is 24.3 Å². The SMILES string of the molecule is O=C1CCCC2=C1[C@@H](c1cccs1)N(C(=O)c1cccs1)c1ccccc1N2. The molecule has 0 fully saturated rings. The van der Waals surface area contributed by atoms with Gasteiger partial charge in [0.05, 0.1) is 16.3 Å². The second-order valence-electron chi connectivity index (χ2n) is 6.88. The smallest absolute Gasteiger partial charge is 0.269 e. The molecule has 0 spiro atoms. The van der Waals surface area contributed by atoms with Gasteiger partial charge in [0.1, 0.15) is 6.04 Å². The molecule has 1 aliphatic heterocycles. The van der Waals surface area contributed by atoms with Crippen LogP contribution < -0.4 is 10.2 Å². The first-order valence-corrected chi connectivity index (χ1v) is 11.0. The van der Waals surface area contributed by atoms with Gasteiger partial charge in [0, 0.05) is 22.6 Å². The van der Waals surface area contributed by atoms with Crippen molar-refractivity contribution in [1.29, 1.82) is 0 Å². The monoisotopic (exact) mass is 406 g/mol. The zero-order valence-corrected chi connectivity index (χ0v) is 16.7. The van der Waals surface area contributed by atoms with Crippen molar-refractivity contribution in [1.82, 2.24) is 0 Å². The molecule has 28 heavy (non-hydrogen) atoms. The Morgan fingerprint density at radius 1 is 1.00 bits per heavy atom. The number of amides is 1. The van der Waals surface area contributed by atoms with E-state index in [0.717, 1.165) is 40.4 Å². The van der Waals surface area contributed by atoms with Crippen molar-refractivity contribution in [3.05, 3.63) is 80.3 Å². The molecule has 1 aliphatic carbocycles. The van der Waals surface area contributed by atoms with Crippen molar-refractivity contribution < 1.29 is 9.59 Å². The van der Waals surface area contributed by atoms with Crippen LogP contribution in [-0.2, 0) is 4.79 Å². The summed E-state index contributed by atoms with van der Waals surface area (Å²) in [6, 6.07) is 15.1. The van der Waals surface area contributed by atoms with Gasteiger partial charge in [-0.3, -0.25) is 14.5 Å². The fourth-order valence-electron chi connectivity index (χ4n) is 3.99. The van der Waals surface area contributed by atoms with Crippen LogP contribution in [0, 0.1) is 0 Å². The summed E-state index contributed by atoms with van der Waals surface area (Å²) < 4.78 is 0. The van der Waals surface area contributed by atoms with Crippen LogP contribution in [0.4, 0.5) is 11.4 Å². The first-order chi connectivity index (χ1) is 13.7. The minimum Gasteiger partial charge on any atom is -0.357 e. The van der Waals surface area contributed by atoms with E-state index in [-0.39, 0.29) is 11.7 Å². The molecule has 2 aromatic heterocycles. The molecule has 6 heteroatoms. The summed E-state index contributed by atoms with van der Waals surface area (Å²) in [6.45, 7) is 0. The Morgan fingerprint density at radius 2 is 1.82 bits per heavy atom. The molecule has 1 aromatic carbocycles. The normalized spacial score (nSPS) is 18.9. The predicted molar refractivity (Wildman–Crippen MR) is 114 cm³/mol. The van der Waals surface area contributed by atoms with Gasteiger partial charge in [-0.25, -0.2) is 0 Å². The molecule has 1 atom stereocenters. The lowest BCUT2D eigenvalue weighted by Crippen LogP contribution is -2.37. The quantitative estimate of drug-likeness (QED) is 0.600. The third-order valence-electron chi connectivity index (χ3n) is 5.20. The number of thiophene rings is 2. The number of Topliss-reactive ketones (excluding diaryl/α,β-unsaturated/α-hetero) is 1. The van der Waals surface area contributed by atoms with Crippen LogP contribution in [0.1, 0.15) is 39.9 Å². The number of nitrogens with one attached hydrogen (secondary N) is 1. The van der Waals surface area contributed by atoms with Crippen LogP contribution in [-0.4, -0.2) is 11.7 Å². The average Bonchev–Trinajstić information content (AvgIpc) is 3.39. The number of hydrogen-bond acceptors (Lipinski definition) is 5. The third-order valence-corrected chi connectivity index (χ3v) is 6.98. The van der Waals surface area contributed by atoms with Crippen molar-refractivity contribution in [3.8, 4) is 0 Å². The number of allylic oxidation sites excluding steroid dienone is 1. The van der Waals surface area contributed by atoms with E-state index in [1.807, 2.05) is 64.2 Å². The lowest BCUT2D eigenvalue weighted by Gasteiger charge is -2.32. The molecule has 3 aromatic rings. The summed E-state index contributed by atoms with van der Waals surface area (Å²) >= 11 is 3.01. The van der Waals surface area contributed by atoms with E-state index in [4.69, 9.17) is 0 Å². The summed E-state index contributed by atoms with van der Waals surface area (Å²) in [7, 11) is 0. The molecule has 3 heterocycles. The Kier molecular flexibility index (Phi) is 4.37. The van der Waals surface area contributed by atoms with E-state index in [1.165, 1.54) is 11.3 Å². The highest BCUT2D eigenvalue weighted by Crippen LogP contribution is 2.46. The number of para-hydroxylation sites is 2. The summed E-state index contributed by atoms with van der Waals surface area (Å²) in [5.41, 5.74) is 3.36. The van der Waals surface area contributed by atoms with Crippen molar-refractivity contribution in [2.45, 2.75) is 25.3 Å². The molecule has 5 rings (SSSR count). The molecular formula is C22H18N2O2S2. The van der Waals surface area contributed by atoms with Crippen molar-refractivity contribution in [2.75, 3.05) is 10.2 Å². The number of anilines is 2. The molecule has 0 saturated heterocycles. The van der Waals surface area contributed by atoms with Gasteiger partial charge in [-0.2, -0.15) is 0 Å². The van der Waals surface area contributed by atoms with E-state index in [2.05, 4.69) is 5.32 Å². The summed E-state index contributed by atoms with van der Waals surface area (Å²) in [6.07, 6.45) is 2.18. The molecule has 2 aliphatic rings. The Hall–Kier alpha value is -2.70. The summed E-state index contributed by atoms with van der Waals surface area (Å²) in [4.78, 5) is 30.2. The minimum absolute atomic E-state index is 0.0743. The first kappa shape index (κ1) is 17.4. The van der Waals surface area contributed by atoms with E-state index < -0.39 is 6.04 Å². The standard InChI is InChI=1S/C22H18N2O2S2/c25-17-9-3-7-15-20(17)21(18-10-4-12-27-18)24(22(26)19-11-5-13-28-19)16-8-2-1-6-14(16)23-15/h1-2,4-6,8,10-13,21,23H,3,7,9H2/t21-/m1/s1. The second kappa shape index (κ2) is 7.04. The number of fused-ring (bicyclic) bond motifs is 1. The zero-order chi connectivity index (χ0) is 19.1. The Labute approximate surface area is 171 Å². The molecule has 140 valence electrons. The van der Waals surface area contributed by atoms with Gasteiger partial charge in [0.25, 0.3) is 5.91 Å².